The minimum atomic E-state index is 0.239. The molecule has 0 aliphatic carbocycles. The molecule has 1 fully saturated rings. The fourth-order valence-electron chi connectivity index (χ4n) is 2.86. The van der Waals surface area contributed by atoms with Gasteiger partial charge in [-0.3, -0.25) is 4.90 Å². The highest BCUT2D eigenvalue weighted by Crippen LogP contribution is 2.27. The van der Waals surface area contributed by atoms with Crippen LogP contribution in [0.5, 0.6) is 0 Å². The summed E-state index contributed by atoms with van der Waals surface area (Å²) in [6.07, 6.45) is 1.67. The zero-order valence-corrected chi connectivity index (χ0v) is 14.4. The molecule has 1 aromatic heterocycles. The third kappa shape index (κ3) is 3.04. The van der Waals surface area contributed by atoms with Crippen molar-refractivity contribution in [3.8, 4) is 0 Å². The second-order valence-corrected chi connectivity index (χ2v) is 7.42. The van der Waals surface area contributed by atoms with Crippen molar-refractivity contribution in [2.45, 2.75) is 26.3 Å². The second kappa shape index (κ2) is 5.54. The first-order chi connectivity index (χ1) is 9.95. The van der Waals surface area contributed by atoms with Crippen LogP contribution in [0.3, 0.4) is 0 Å². The van der Waals surface area contributed by atoms with E-state index in [-0.39, 0.29) is 5.54 Å². The van der Waals surface area contributed by atoms with E-state index in [9.17, 15) is 0 Å². The van der Waals surface area contributed by atoms with Gasteiger partial charge >= 0.3 is 0 Å². The van der Waals surface area contributed by atoms with Crippen LogP contribution in [0.4, 0.5) is 5.82 Å². The van der Waals surface area contributed by atoms with E-state index in [0.717, 1.165) is 47.4 Å². The molecule has 1 aliphatic rings. The quantitative estimate of drug-likeness (QED) is 0.791. The molecule has 2 aromatic rings. The smallest absolute Gasteiger partial charge is 0.140 e. The zero-order chi connectivity index (χ0) is 15.0. The number of benzene rings is 1. The van der Waals surface area contributed by atoms with Crippen molar-refractivity contribution in [3.63, 3.8) is 0 Å². The summed E-state index contributed by atoms with van der Waals surface area (Å²) in [5, 5.41) is 1.12. The molecule has 0 radical (unpaired) electrons. The third-order valence-corrected chi connectivity index (χ3v) is 4.60. The molecule has 0 unspecified atom stereocenters. The van der Waals surface area contributed by atoms with Gasteiger partial charge in [0.05, 0.1) is 5.52 Å². The molecule has 5 heteroatoms. The monoisotopic (exact) mass is 348 g/mol. The van der Waals surface area contributed by atoms with Gasteiger partial charge in [0.15, 0.2) is 0 Å². The summed E-state index contributed by atoms with van der Waals surface area (Å²) in [6, 6.07) is 6.17. The van der Waals surface area contributed by atoms with Gasteiger partial charge in [0, 0.05) is 41.6 Å². The first kappa shape index (κ1) is 14.7. The van der Waals surface area contributed by atoms with Crippen LogP contribution in [0.2, 0.25) is 0 Å². The van der Waals surface area contributed by atoms with Gasteiger partial charge in [-0.15, -0.1) is 0 Å². The average molecular weight is 349 g/mol. The summed E-state index contributed by atoms with van der Waals surface area (Å²) in [5.41, 5.74) is 1.24. The van der Waals surface area contributed by atoms with Crippen LogP contribution in [-0.4, -0.2) is 46.6 Å². The van der Waals surface area contributed by atoms with Crippen LogP contribution in [0.1, 0.15) is 20.8 Å². The number of halogens is 1. The molecule has 0 saturated carbocycles. The molecule has 1 saturated heterocycles. The van der Waals surface area contributed by atoms with Crippen molar-refractivity contribution >= 4 is 32.7 Å². The average Bonchev–Trinajstić information content (AvgIpc) is 2.46. The predicted octanol–water partition coefficient (Wildman–Crippen LogP) is 3.31. The molecule has 0 N–H and O–H groups in total. The highest BCUT2D eigenvalue weighted by atomic mass is 79.9. The Bertz CT molecular complexity index is 642. The number of hydrogen-bond donors (Lipinski definition) is 0. The maximum absolute atomic E-state index is 4.53. The van der Waals surface area contributed by atoms with E-state index in [1.54, 1.807) is 6.33 Å². The first-order valence-electron chi connectivity index (χ1n) is 7.35. The van der Waals surface area contributed by atoms with Crippen molar-refractivity contribution in [1.29, 1.82) is 0 Å². The van der Waals surface area contributed by atoms with E-state index in [4.69, 9.17) is 0 Å². The fourth-order valence-corrected chi connectivity index (χ4v) is 3.22. The van der Waals surface area contributed by atoms with Gasteiger partial charge in [-0.2, -0.15) is 0 Å². The molecule has 2 heterocycles. The fraction of sp³-hybridized carbons (Fsp3) is 0.500. The molecule has 0 bridgehead atoms. The molecule has 112 valence electrons. The number of piperazine rings is 1. The van der Waals surface area contributed by atoms with E-state index in [0.29, 0.717) is 0 Å². The van der Waals surface area contributed by atoms with E-state index in [1.165, 1.54) is 0 Å². The van der Waals surface area contributed by atoms with Crippen molar-refractivity contribution in [2.24, 2.45) is 0 Å². The van der Waals surface area contributed by atoms with Crippen LogP contribution in [0, 0.1) is 0 Å². The number of aromatic nitrogens is 2. The minimum Gasteiger partial charge on any atom is -0.353 e. The molecule has 4 nitrogen and oxygen atoms in total. The summed E-state index contributed by atoms with van der Waals surface area (Å²) >= 11 is 3.54. The summed E-state index contributed by atoms with van der Waals surface area (Å²) in [5.74, 6) is 1.05. The lowest BCUT2D eigenvalue weighted by Gasteiger charge is -2.42. The Balaban J connectivity index is 1.87. The molecule has 0 spiro atoms. The van der Waals surface area contributed by atoms with Crippen LogP contribution < -0.4 is 4.90 Å². The van der Waals surface area contributed by atoms with Crippen molar-refractivity contribution < 1.29 is 0 Å². The number of nitrogens with zero attached hydrogens (tertiary/aromatic N) is 4. The Morgan fingerprint density at radius 1 is 1.05 bits per heavy atom. The number of hydrogen-bond acceptors (Lipinski definition) is 4. The van der Waals surface area contributed by atoms with Crippen LogP contribution in [-0.2, 0) is 0 Å². The lowest BCUT2D eigenvalue weighted by Crippen LogP contribution is -2.53. The standard InChI is InChI=1S/C16H21BrN4/c1-16(2,3)21-8-6-20(7-9-21)15-13-10-12(17)4-5-14(13)18-11-19-15/h4-5,10-11H,6-9H2,1-3H3. The van der Waals surface area contributed by atoms with Crippen LogP contribution >= 0.6 is 15.9 Å². The highest BCUT2D eigenvalue weighted by Gasteiger charge is 2.26. The van der Waals surface area contributed by atoms with Gasteiger partial charge in [0.1, 0.15) is 12.1 Å². The lowest BCUT2D eigenvalue weighted by molar-refractivity contribution is 0.128. The molecular weight excluding hydrogens is 328 g/mol. The Morgan fingerprint density at radius 3 is 2.43 bits per heavy atom. The zero-order valence-electron chi connectivity index (χ0n) is 12.8. The molecule has 21 heavy (non-hydrogen) atoms. The highest BCUT2D eigenvalue weighted by molar-refractivity contribution is 9.10. The normalized spacial score (nSPS) is 17.4. The molecule has 0 atom stereocenters. The Labute approximate surface area is 134 Å². The van der Waals surface area contributed by atoms with E-state index < -0.39 is 0 Å². The van der Waals surface area contributed by atoms with Crippen LogP contribution in [0.15, 0.2) is 29.0 Å². The van der Waals surface area contributed by atoms with Gasteiger partial charge < -0.3 is 4.90 Å². The topological polar surface area (TPSA) is 32.3 Å². The summed E-state index contributed by atoms with van der Waals surface area (Å²) in [7, 11) is 0. The summed E-state index contributed by atoms with van der Waals surface area (Å²) in [6.45, 7) is 11.0. The van der Waals surface area contributed by atoms with Crippen molar-refractivity contribution in [3.05, 3.63) is 29.0 Å². The molecule has 1 aliphatic heterocycles. The van der Waals surface area contributed by atoms with E-state index >= 15 is 0 Å². The van der Waals surface area contributed by atoms with Gasteiger partial charge in [0.25, 0.3) is 0 Å². The number of fused-ring (bicyclic) bond motifs is 1. The third-order valence-electron chi connectivity index (χ3n) is 4.10. The van der Waals surface area contributed by atoms with Gasteiger partial charge in [0.2, 0.25) is 0 Å². The molecule has 0 amide bonds. The summed E-state index contributed by atoms with van der Waals surface area (Å²) in [4.78, 5) is 13.8. The van der Waals surface area contributed by atoms with Gasteiger partial charge in [-0.25, -0.2) is 9.97 Å². The van der Waals surface area contributed by atoms with Gasteiger partial charge in [-0.1, -0.05) is 15.9 Å². The Kier molecular flexibility index (Phi) is 3.88. The van der Waals surface area contributed by atoms with Gasteiger partial charge in [-0.05, 0) is 39.0 Å². The van der Waals surface area contributed by atoms with Crippen LogP contribution in [0.25, 0.3) is 10.9 Å². The van der Waals surface area contributed by atoms with E-state index in [1.807, 2.05) is 12.1 Å². The second-order valence-electron chi connectivity index (χ2n) is 6.50. The molecule has 1 aromatic carbocycles. The number of anilines is 1. The first-order valence-corrected chi connectivity index (χ1v) is 8.15. The maximum atomic E-state index is 4.53. The minimum absolute atomic E-state index is 0.239. The Hall–Kier alpha value is -1.20. The Morgan fingerprint density at radius 2 is 1.76 bits per heavy atom. The SMILES string of the molecule is CC(C)(C)N1CCN(c2ncnc3ccc(Br)cc23)CC1. The van der Waals surface area contributed by atoms with Crippen molar-refractivity contribution in [1.82, 2.24) is 14.9 Å². The number of rotatable bonds is 1. The lowest BCUT2D eigenvalue weighted by atomic mass is 10.0. The summed E-state index contributed by atoms with van der Waals surface area (Å²) < 4.78 is 1.07. The molecule has 3 rings (SSSR count). The van der Waals surface area contributed by atoms with Crippen molar-refractivity contribution in [2.75, 3.05) is 31.1 Å². The van der Waals surface area contributed by atoms with E-state index in [2.05, 4.69) is 62.5 Å². The largest absolute Gasteiger partial charge is 0.353 e. The molecular formula is C16H21BrN4. The maximum Gasteiger partial charge on any atom is 0.140 e. The predicted molar refractivity (Wildman–Crippen MR) is 90.8 cm³/mol.